The summed E-state index contributed by atoms with van der Waals surface area (Å²) in [5.74, 6) is -2.14. The molecule has 1 atom stereocenters. The molecule has 7 nitrogen and oxygen atoms in total. The minimum Gasteiger partial charge on any atom is -0.459 e. The number of esters is 3. The average Bonchev–Trinajstić information content (AvgIpc) is 2.61. The lowest BCUT2D eigenvalue weighted by Crippen LogP contribution is -2.26. The van der Waals surface area contributed by atoms with Crippen molar-refractivity contribution in [3.63, 3.8) is 0 Å². The molecule has 0 fully saturated rings. The monoisotopic (exact) mass is 362 g/mol. The van der Waals surface area contributed by atoms with E-state index in [9.17, 15) is 19.5 Å². The standard InChI is InChI=1S/C19H22O7/c1-12(2)9-24-18(22)15-7-5-6-8-16(15)19(23)26-11-14(20)10-25-17(21)13(3)4/h5-8,14,20H,1,3,9-11H2,2,4H3. The summed E-state index contributed by atoms with van der Waals surface area (Å²) >= 11 is 0. The molecule has 0 saturated heterocycles. The van der Waals surface area contributed by atoms with Gasteiger partial charge in [-0.2, -0.15) is 0 Å². The van der Waals surface area contributed by atoms with Crippen molar-refractivity contribution in [1.29, 1.82) is 0 Å². The summed E-state index contributed by atoms with van der Waals surface area (Å²) in [6.45, 7) is 9.50. The zero-order chi connectivity index (χ0) is 19.7. The molecular formula is C19H22O7. The molecule has 0 aromatic heterocycles. The van der Waals surface area contributed by atoms with Crippen LogP contribution in [-0.2, 0) is 19.0 Å². The third kappa shape index (κ3) is 6.90. The van der Waals surface area contributed by atoms with Crippen LogP contribution in [-0.4, -0.2) is 48.9 Å². The second-order valence-corrected chi connectivity index (χ2v) is 5.71. The van der Waals surface area contributed by atoms with Gasteiger partial charge >= 0.3 is 17.9 Å². The summed E-state index contributed by atoms with van der Waals surface area (Å²) in [5.41, 5.74) is 0.898. The lowest BCUT2D eigenvalue weighted by atomic mass is 10.1. The molecular weight excluding hydrogens is 340 g/mol. The minimum atomic E-state index is -1.20. The van der Waals surface area contributed by atoms with Gasteiger partial charge in [-0.25, -0.2) is 14.4 Å². The van der Waals surface area contributed by atoms with Crippen LogP contribution in [0.1, 0.15) is 34.6 Å². The van der Waals surface area contributed by atoms with Crippen LogP contribution in [0.2, 0.25) is 0 Å². The Balaban J connectivity index is 2.64. The van der Waals surface area contributed by atoms with Crippen LogP contribution in [0.4, 0.5) is 0 Å². The van der Waals surface area contributed by atoms with Crippen LogP contribution in [0, 0.1) is 0 Å². The topological polar surface area (TPSA) is 99.1 Å². The van der Waals surface area contributed by atoms with Gasteiger partial charge in [-0.1, -0.05) is 25.3 Å². The smallest absolute Gasteiger partial charge is 0.339 e. The van der Waals surface area contributed by atoms with Gasteiger partial charge in [-0.15, -0.1) is 0 Å². The molecule has 0 spiro atoms. The lowest BCUT2D eigenvalue weighted by molar-refractivity contribution is -0.142. The molecule has 1 unspecified atom stereocenters. The number of carbonyl (C=O) groups excluding carboxylic acids is 3. The molecule has 0 heterocycles. The molecule has 0 aliphatic heterocycles. The van der Waals surface area contributed by atoms with Crippen LogP contribution in [0.5, 0.6) is 0 Å². The summed E-state index contributed by atoms with van der Waals surface area (Å²) in [4.78, 5) is 35.5. The maximum absolute atomic E-state index is 12.2. The van der Waals surface area contributed by atoms with Crippen molar-refractivity contribution in [3.05, 3.63) is 59.7 Å². The van der Waals surface area contributed by atoms with E-state index in [0.717, 1.165) is 0 Å². The normalized spacial score (nSPS) is 11.2. The first-order valence-corrected chi connectivity index (χ1v) is 7.80. The number of carbonyl (C=O) groups is 3. The van der Waals surface area contributed by atoms with E-state index in [2.05, 4.69) is 13.2 Å². The van der Waals surface area contributed by atoms with Crippen molar-refractivity contribution in [2.75, 3.05) is 19.8 Å². The van der Waals surface area contributed by atoms with E-state index in [1.807, 2.05) is 0 Å². The highest BCUT2D eigenvalue weighted by Crippen LogP contribution is 2.13. The number of ether oxygens (including phenoxy) is 3. The van der Waals surface area contributed by atoms with E-state index < -0.39 is 30.6 Å². The number of rotatable bonds is 9. The highest BCUT2D eigenvalue weighted by atomic mass is 16.6. The quantitative estimate of drug-likeness (QED) is 0.311. The fourth-order valence-electron chi connectivity index (χ4n) is 1.70. The van der Waals surface area contributed by atoms with Crippen LogP contribution < -0.4 is 0 Å². The average molecular weight is 362 g/mol. The van der Waals surface area contributed by atoms with Crippen LogP contribution in [0.25, 0.3) is 0 Å². The fourth-order valence-corrected chi connectivity index (χ4v) is 1.70. The largest absolute Gasteiger partial charge is 0.459 e. The van der Waals surface area contributed by atoms with Gasteiger partial charge in [-0.3, -0.25) is 0 Å². The molecule has 0 aliphatic carbocycles. The molecule has 1 N–H and O–H groups in total. The first-order chi connectivity index (χ1) is 12.2. The molecule has 1 aromatic carbocycles. The second-order valence-electron chi connectivity index (χ2n) is 5.71. The zero-order valence-electron chi connectivity index (χ0n) is 14.8. The second kappa shape index (κ2) is 10.1. The van der Waals surface area contributed by atoms with Gasteiger partial charge in [0, 0.05) is 5.57 Å². The first-order valence-electron chi connectivity index (χ1n) is 7.80. The van der Waals surface area contributed by atoms with Crippen LogP contribution in [0.3, 0.4) is 0 Å². The third-order valence-electron chi connectivity index (χ3n) is 2.98. The Kier molecular flexibility index (Phi) is 8.24. The number of benzene rings is 1. The minimum absolute atomic E-state index is 0.00495. The summed E-state index contributed by atoms with van der Waals surface area (Å²) in [5, 5.41) is 9.71. The highest BCUT2D eigenvalue weighted by molar-refractivity contribution is 6.03. The Morgan fingerprint density at radius 3 is 1.96 bits per heavy atom. The van der Waals surface area contributed by atoms with E-state index in [-0.39, 0.29) is 29.9 Å². The SMILES string of the molecule is C=C(C)COC(=O)c1ccccc1C(=O)OCC(O)COC(=O)C(=C)C. The van der Waals surface area contributed by atoms with Crippen molar-refractivity contribution in [2.45, 2.75) is 20.0 Å². The number of aliphatic hydroxyl groups excluding tert-OH is 1. The predicted octanol–water partition coefficient (Wildman–Crippen LogP) is 2.06. The molecule has 1 aromatic rings. The van der Waals surface area contributed by atoms with E-state index in [4.69, 9.17) is 14.2 Å². The van der Waals surface area contributed by atoms with E-state index >= 15 is 0 Å². The lowest BCUT2D eigenvalue weighted by Gasteiger charge is -2.13. The molecule has 0 radical (unpaired) electrons. The fraction of sp³-hybridized carbons (Fsp3) is 0.316. The number of hydrogen-bond donors (Lipinski definition) is 1. The summed E-state index contributed by atoms with van der Waals surface area (Å²) in [6, 6.07) is 5.99. The van der Waals surface area contributed by atoms with E-state index in [0.29, 0.717) is 5.57 Å². The Morgan fingerprint density at radius 2 is 1.46 bits per heavy atom. The summed E-state index contributed by atoms with van der Waals surface area (Å²) < 4.78 is 14.8. The van der Waals surface area contributed by atoms with Gasteiger partial charge in [0.25, 0.3) is 0 Å². The first kappa shape index (κ1) is 21.1. The maximum atomic E-state index is 12.2. The van der Waals surface area contributed by atoms with Crippen molar-refractivity contribution >= 4 is 17.9 Å². The van der Waals surface area contributed by atoms with Gasteiger partial charge in [-0.05, 0) is 31.6 Å². The molecule has 7 heteroatoms. The Bertz CT molecular complexity index is 706. The molecule has 0 aliphatic rings. The summed E-state index contributed by atoms with van der Waals surface area (Å²) in [7, 11) is 0. The van der Waals surface area contributed by atoms with Gasteiger partial charge < -0.3 is 19.3 Å². The molecule has 140 valence electrons. The van der Waals surface area contributed by atoms with E-state index in [1.54, 1.807) is 19.1 Å². The molecule has 26 heavy (non-hydrogen) atoms. The zero-order valence-corrected chi connectivity index (χ0v) is 14.8. The van der Waals surface area contributed by atoms with Gasteiger partial charge in [0.15, 0.2) is 0 Å². The van der Waals surface area contributed by atoms with Crippen LogP contribution in [0.15, 0.2) is 48.6 Å². The summed E-state index contributed by atoms with van der Waals surface area (Å²) in [6.07, 6.45) is -1.20. The predicted molar refractivity (Wildman–Crippen MR) is 93.6 cm³/mol. The van der Waals surface area contributed by atoms with Gasteiger partial charge in [0.2, 0.25) is 0 Å². The highest BCUT2D eigenvalue weighted by Gasteiger charge is 2.20. The third-order valence-corrected chi connectivity index (χ3v) is 2.98. The maximum Gasteiger partial charge on any atom is 0.339 e. The van der Waals surface area contributed by atoms with Crippen molar-refractivity contribution in [3.8, 4) is 0 Å². The van der Waals surface area contributed by atoms with Crippen molar-refractivity contribution in [1.82, 2.24) is 0 Å². The van der Waals surface area contributed by atoms with Crippen molar-refractivity contribution < 1.29 is 33.7 Å². The number of hydrogen-bond acceptors (Lipinski definition) is 7. The Hall–Kier alpha value is -2.93. The Morgan fingerprint density at radius 1 is 0.962 bits per heavy atom. The van der Waals surface area contributed by atoms with Gasteiger partial charge in [0.05, 0.1) is 11.1 Å². The van der Waals surface area contributed by atoms with Crippen LogP contribution >= 0.6 is 0 Å². The molecule has 0 saturated carbocycles. The van der Waals surface area contributed by atoms with Gasteiger partial charge in [0.1, 0.15) is 25.9 Å². The van der Waals surface area contributed by atoms with Crippen molar-refractivity contribution in [2.24, 2.45) is 0 Å². The van der Waals surface area contributed by atoms with E-state index in [1.165, 1.54) is 19.1 Å². The Labute approximate surface area is 151 Å². The molecule has 1 rings (SSSR count). The number of aliphatic hydroxyl groups is 1. The molecule has 0 bridgehead atoms. The molecule has 0 amide bonds.